The fourth-order valence-electron chi connectivity index (χ4n) is 3.15. The van der Waals surface area contributed by atoms with Crippen LogP contribution in [0.1, 0.15) is 9.67 Å². The zero-order chi connectivity index (χ0) is 21.7. The molecule has 9 heteroatoms. The quantitative estimate of drug-likeness (QED) is 0.266. The number of amides is 1. The second-order valence-corrected chi connectivity index (χ2v) is 9.38. The van der Waals surface area contributed by atoms with Gasteiger partial charge in [-0.1, -0.05) is 52.5 Å². The third-order valence-electron chi connectivity index (χ3n) is 4.60. The first-order chi connectivity index (χ1) is 14.9. The smallest absolute Gasteiger partial charge is 0.267 e. The molecule has 4 nitrogen and oxygen atoms in total. The van der Waals surface area contributed by atoms with Crippen molar-refractivity contribution in [3.05, 3.63) is 79.6 Å². The molecule has 0 saturated carbocycles. The molecule has 0 atom stereocenters. The average Bonchev–Trinajstić information content (AvgIpc) is 3.30. The summed E-state index contributed by atoms with van der Waals surface area (Å²) in [5.41, 5.74) is 2.38. The normalized spacial score (nSPS) is 11.4. The molecular weight excluding hydrogens is 498 g/mol. The molecule has 0 bridgehead atoms. The van der Waals surface area contributed by atoms with Gasteiger partial charge in [-0.25, -0.2) is 4.98 Å². The maximum Gasteiger partial charge on any atom is 0.267 e. The summed E-state index contributed by atoms with van der Waals surface area (Å²) in [6.07, 6.45) is 0. The van der Waals surface area contributed by atoms with Crippen molar-refractivity contribution in [2.75, 3.05) is 5.32 Å². The molecule has 0 aliphatic rings. The van der Waals surface area contributed by atoms with Crippen LogP contribution in [0.25, 0.3) is 32.6 Å². The van der Waals surface area contributed by atoms with Gasteiger partial charge in [0.1, 0.15) is 10.4 Å². The molecule has 1 N–H and O–H groups in total. The van der Waals surface area contributed by atoms with Crippen LogP contribution in [-0.2, 0) is 0 Å². The fraction of sp³-hybridized carbons (Fsp3) is 0. The highest BCUT2D eigenvalue weighted by atomic mass is 35.5. The number of rotatable bonds is 3. The molecule has 0 spiro atoms. The lowest BCUT2D eigenvalue weighted by atomic mass is 10.2. The number of oxazole rings is 1. The van der Waals surface area contributed by atoms with Crippen LogP contribution < -0.4 is 5.32 Å². The summed E-state index contributed by atoms with van der Waals surface area (Å²) in [6, 6.07) is 15.7. The Labute approximate surface area is 200 Å². The number of fused-ring (bicyclic) bond motifs is 2. The summed E-state index contributed by atoms with van der Waals surface area (Å²) in [4.78, 5) is 17.6. The van der Waals surface area contributed by atoms with E-state index in [1.165, 1.54) is 11.3 Å². The highest BCUT2D eigenvalue weighted by Crippen LogP contribution is 2.37. The van der Waals surface area contributed by atoms with Gasteiger partial charge in [-0.05, 0) is 48.5 Å². The standard InChI is InChI=1S/C22H10Cl4N2O2S/c23-11-3-6-14-17(9-11)31-20(18(14)26)21(29)27-13-4-1-10(2-5-13)22-28-16-8-12(24)7-15(25)19(16)30-22/h1-9H,(H,27,29). The Morgan fingerprint density at radius 3 is 2.48 bits per heavy atom. The van der Waals surface area contributed by atoms with Gasteiger partial charge in [-0.2, -0.15) is 0 Å². The Balaban J connectivity index is 1.40. The van der Waals surface area contributed by atoms with Gasteiger partial charge in [0.2, 0.25) is 5.89 Å². The molecule has 0 radical (unpaired) electrons. The van der Waals surface area contributed by atoms with Crippen molar-refractivity contribution >= 4 is 90.5 Å². The second kappa shape index (κ2) is 8.01. The van der Waals surface area contributed by atoms with Crippen molar-refractivity contribution in [1.82, 2.24) is 4.98 Å². The van der Waals surface area contributed by atoms with Crippen molar-refractivity contribution < 1.29 is 9.21 Å². The van der Waals surface area contributed by atoms with Gasteiger partial charge in [0.25, 0.3) is 5.91 Å². The predicted octanol–water partition coefficient (Wildman–Crippen LogP) is 8.58. The van der Waals surface area contributed by atoms with Crippen LogP contribution in [0.15, 0.2) is 59.0 Å². The van der Waals surface area contributed by atoms with Crippen molar-refractivity contribution in [2.45, 2.75) is 0 Å². The van der Waals surface area contributed by atoms with E-state index in [2.05, 4.69) is 10.3 Å². The number of nitrogens with zero attached hydrogens (tertiary/aromatic N) is 1. The number of aromatic nitrogens is 1. The number of carbonyl (C=O) groups excluding carboxylic acids is 1. The van der Waals surface area contributed by atoms with Gasteiger partial charge >= 0.3 is 0 Å². The van der Waals surface area contributed by atoms with E-state index in [1.54, 1.807) is 48.5 Å². The maximum absolute atomic E-state index is 12.8. The Kier molecular flexibility index (Phi) is 5.32. The van der Waals surface area contributed by atoms with E-state index >= 15 is 0 Å². The summed E-state index contributed by atoms with van der Waals surface area (Å²) >= 11 is 25.9. The van der Waals surface area contributed by atoms with E-state index in [1.807, 2.05) is 6.07 Å². The molecule has 5 aromatic rings. The lowest BCUT2D eigenvalue weighted by Gasteiger charge is -2.04. The van der Waals surface area contributed by atoms with Crippen LogP contribution in [0.2, 0.25) is 20.1 Å². The largest absolute Gasteiger partial charge is 0.435 e. The van der Waals surface area contributed by atoms with Gasteiger partial charge in [0.15, 0.2) is 5.58 Å². The summed E-state index contributed by atoms with van der Waals surface area (Å²) in [7, 11) is 0. The summed E-state index contributed by atoms with van der Waals surface area (Å²) in [5.74, 6) is 0.111. The van der Waals surface area contributed by atoms with Crippen LogP contribution in [0.4, 0.5) is 5.69 Å². The summed E-state index contributed by atoms with van der Waals surface area (Å²) in [6.45, 7) is 0. The number of halogens is 4. The molecule has 0 aliphatic carbocycles. The molecule has 0 saturated heterocycles. The highest BCUT2D eigenvalue weighted by molar-refractivity contribution is 7.21. The molecule has 5 rings (SSSR count). The van der Waals surface area contributed by atoms with Gasteiger partial charge in [0.05, 0.1) is 10.0 Å². The lowest BCUT2D eigenvalue weighted by Crippen LogP contribution is -2.10. The third kappa shape index (κ3) is 3.88. The monoisotopic (exact) mass is 506 g/mol. The number of anilines is 1. The second-order valence-electron chi connectivity index (χ2n) is 6.67. The van der Waals surface area contributed by atoms with E-state index in [0.29, 0.717) is 47.6 Å². The number of hydrogen-bond donors (Lipinski definition) is 1. The first-order valence-electron chi connectivity index (χ1n) is 8.94. The highest BCUT2D eigenvalue weighted by Gasteiger charge is 2.18. The van der Waals surface area contributed by atoms with E-state index in [4.69, 9.17) is 50.8 Å². The molecule has 0 fully saturated rings. The number of hydrogen-bond acceptors (Lipinski definition) is 4. The summed E-state index contributed by atoms with van der Waals surface area (Å²) in [5, 5.41) is 5.54. The van der Waals surface area contributed by atoms with Crippen LogP contribution in [0.3, 0.4) is 0 Å². The topological polar surface area (TPSA) is 55.1 Å². The minimum absolute atomic E-state index is 0.293. The SMILES string of the molecule is O=C(Nc1ccc(-c2nc3cc(Cl)cc(Cl)c3o2)cc1)c1sc2cc(Cl)ccc2c1Cl. The van der Waals surface area contributed by atoms with Crippen molar-refractivity contribution in [1.29, 1.82) is 0 Å². The number of carbonyl (C=O) groups is 1. The zero-order valence-corrected chi connectivity index (χ0v) is 19.2. The molecule has 3 aromatic carbocycles. The molecule has 31 heavy (non-hydrogen) atoms. The van der Waals surface area contributed by atoms with E-state index < -0.39 is 0 Å². The Bertz CT molecular complexity index is 1470. The van der Waals surface area contributed by atoms with E-state index in [9.17, 15) is 4.79 Å². The zero-order valence-electron chi connectivity index (χ0n) is 15.4. The molecule has 154 valence electrons. The first-order valence-corrected chi connectivity index (χ1v) is 11.3. The van der Waals surface area contributed by atoms with Gasteiger partial charge in [-0.15, -0.1) is 11.3 Å². The van der Waals surface area contributed by atoms with E-state index in [0.717, 1.165) is 15.6 Å². The maximum atomic E-state index is 12.8. The Morgan fingerprint density at radius 2 is 1.71 bits per heavy atom. The molecular formula is C22H10Cl4N2O2S. The number of nitrogens with one attached hydrogen (secondary N) is 1. The fourth-order valence-corrected chi connectivity index (χ4v) is 5.36. The average molecular weight is 508 g/mol. The third-order valence-corrected chi connectivity index (χ3v) is 6.99. The van der Waals surface area contributed by atoms with Gasteiger partial charge in [-0.3, -0.25) is 4.79 Å². The predicted molar refractivity (Wildman–Crippen MR) is 129 cm³/mol. The van der Waals surface area contributed by atoms with Crippen LogP contribution in [0.5, 0.6) is 0 Å². The minimum atomic E-state index is -0.293. The van der Waals surface area contributed by atoms with Crippen LogP contribution in [0, 0.1) is 0 Å². The molecule has 0 aliphatic heterocycles. The minimum Gasteiger partial charge on any atom is -0.435 e. The molecule has 1 amide bonds. The molecule has 2 aromatic heterocycles. The van der Waals surface area contributed by atoms with E-state index in [-0.39, 0.29) is 5.91 Å². The Morgan fingerprint density at radius 1 is 0.935 bits per heavy atom. The lowest BCUT2D eigenvalue weighted by molar-refractivity contribution is 0.103. The van der Waals surface area contributed by atoms with Crippen molar-refractivity contribution in [3.63, 3.8) is 0 Å². The van der Waals surface area contributed by atoms with Crippen molar-refractivity contribution in [2.24, 2.45) is 0 Å². The molecule has 2 heterocycles. The van der Waals surface area contributed by atoms with Crippen molar-refractivity contribution in [3.8, 4) is 11.5 Å². The Hall–Kier alpha value is -2.28. The van der Waals surface area contributed by atoms with Crippen LogP contribution >= 0.6 is 57.7 Å². The number of benzene rings is 3. The number of thiophene rings is 1. The van der Waals surface area contributed by atoms with Crippen LogP contribution in [-0.4, -0.2) is 10.9 Å². The first kappa shape index (κ1) is 20.6. The summed E-state index contributed by atoms with van der Waals surface area (Å²) < 4.78 is 6.63. The molecule has 0 unspecified atom stereocenters. The van der Waals surface area contributed by atoms with Gasteiger partial charge in [0, 0.05) is 31.4 Å². The van der Waals surface area contributed by atoms with Gasteiger partial charge < -0.3 is 9.73 Å².